The number of hydrogen-bond donors (Lipinski definition) is 2. The Labute approximate surface area is 156 Å². The van der Waals surface area contributed by atoms with E-state index in [1.54, 1.807) is 12.1 Å². The number of hydrogen-bond acceptors (Lipinski definition) is 4. The first-order chi connectivity index (χ1) is 12.9. The van der Waals surface area contributed by atoms with E-state index in [9.17, 15) is 14.3 Å². The Balaban J connectivity index is 1.59. The molecule has 0 radical (unpaired) electrons. The fraction of sp³-hybridized carbons (Fsp3) is 0.238. The molecule has 1 aromatic heterocycles. The van der Waals surface area contributed by atoms with E-state index in [4.69, 9.17) is 4.52 Å². The third kappa shape index (κ3) is 4.60. The largest absolute Gasteiger partial charge is 0.387 e. The van der Waals surface area contributed by atoms with Crippen molar-refractivity contribution >= 4 is 5.91 Å². The molecular formula is C21H21FN2O3. The van der Waals surface area contributed by atoms with Crippen LogP contribution in [-0.4, -0.2) is 22.7 Å². The van der Waals surface area contributed by atoms with Gasteiger partial charge >= 0.3 is 0 Å². The SMILES string of the molecule is CC(C)c1ccc(C(O)CNC(=O)c2cc(-c3ccc(F)cc3)on2)cc1. The highest BCUT2D eigenvalue weighted by molar-refractivity contribution is 5.93. The number of amides is 1. The molecule has 140 valence electrons. The number of carbonyl (C=O) groups is 1. The Morgan fingerprint density at radius 3 is 2.37 bits per heavy atom. The van der Waals surface area contributed by atoms with Crippen LogP contribution in [-0.2, 0) is 0 Å². The molecule has 1 unspecified atom stereocenters. The van der Waals surface area contributed by atoms with Gasteiger partial charge in [0, 0.05) is 18.2 Å². The first-order valence-electron chi connectivity index (χ1n) is 8.73. The predicted octanol–water partition coefficient (Wildman–Crippen LogP) is 4.07. The van der Waals surface area contributed by atoms with Crippen LogP contribution in [0.2, 0.25) is 0 Å². The molecule has 2 N–H and O–H groups in total. The van der Waals surface area contributed by atoms with Crippen molar-refractivity contribution in [3.05, 3.63) is 77.2 Å². The number of benzene rings is 2. The number of carbonyl (C=O) groups excluding carboxylic acids is 1. The number of aliphatic hydroxyl groups is 1. The number of aliphatic hydroxyl groups excluding tert-OH is 1. The van der Waals surface area contributed by atoms with Gasteiger partial charge < -0.3 is 14.9 Å². The molecule has 6 heteroatoms. The molecule has 0 aliphatic heterocycles. The van der Waals surface area contributed by atoms with Crippen molar-refractivity contribution in [2.75, 3.05) is 6.54 Å². The van der Waals surface area contributed by atoms with Crippen molar-refractivity contribution in [3.63, 3.8) is 0 Å². The summed E-state index contributed by atoms with van der Waals surface area (Å²) in [7, 11) is 0. The second-order valence-electron chi connectivity index (χ2n) is 6.63. The number of rotatable bonds is 6. The monoisotopic (exact) mass is 368 g/mol. The standard InChI is InChI=1S/C21H21FN2O3/c1-13(2)14-3-5-15(6-4-14)19(25)12-23-21(26)18-11-20(27-24-18)16-7-9-17(22)10-8-16/h3-11,13,19,25H,12H2,1-2H3,(H,23,26). The molecule has 5 nitrogen and oxygen atoms in total. The van der Waals surface area contributed by atoms with Crippen molar-refractivity contribution in [3.8, 4) is 11.3 Å². The average molecular weight is 368 g/mol. The molecule has 27 heavy (non-hydrogen) atoms. The summed E-state index contributed by atoms with van der Waals surface area (Å²) in [5.74, 6) is -0.0278. The summed E-state index contributed by atoms with van der Waals surface area (Å²) in [6, 6.07) is 14.8. The maximum Gasteiger partial charge on any atom is 0.273 e. The van der Waals surface area contributed by atoms with Crippen molar-refractivity contribution in [2.45, 2.75) is 25.9 Å². The highest BCUT2D eigenvalue weighted by Gasteiger charge is 2.16. The zero-order chi connectivity index (χ0) is 19.4. The Bertz CT molecular complexity index is 902. The van der Waals surface area contributed by atoms with Gasteiger partial charge in [0.15, 0.2) is 11.5 Å². The van der Waals surface area contributed by atoms with Gasteiger partial charge in [-0.2, -0.15) is 0 Å². The molecule has 1 heterocycles. The Hall–Kier alpha value is -2.99. The first-order valence-corrected chi connectivity index (χ1v) is 8.73. The Kier molecular flexibility index (Phi) is 5.66. The number of nitrogens with zero attached hydrogens (tertiary/aromatic N) is 1. The van der Waals surface area contributed by atoms with Gasteiger partial charge in [0.25, 0.3) is 5.91 Å². The van der Waals surface area contributed by atoms with Crippen molar-refractivity contribution in [1.82, 2.24) is 10.5 Å². The van der Waals surface area contributed by atoms with Gasteiger partial charge in [-0.1, -0.05) is 43.3 Å². The molecule has 0 aliphatic carbocycles. The third-order valence-electron chi connectivity index (χ3n) is 4.32. The van der Waals surface area contributed by atoms with Crippen LogP contribution < -0.4 is 5.32 Å². The molecule has 0 fully saturated rings. The molecule has 0 spiro atoms. The van der Waals surface area contributed by atoms with E-state index in [0.717, 1.165) is 5.56 Å². The van der Waals surface area contributed by atoms with Crippen molar-refractivity contribution < 1.29 is 18.8 Å². The van der Waals surface area contributed by atoms with Crippen LogP contribution in [0.15, 0.2) is 59.1 Å². The molecule has 0 saturated heterocycles. The van der Waals surface area contributed by atoms with Crippen LogP contribution in [0.3, 0.4) is 0 Å². The van der Waals surface area contributed by atoms with E-state index in [1.165, 1.54) is 23.8 Å². The minimum atomic E-state index is -0.821. The fourth-order valence-electron chi connectivity index (χ4n) is 2.63. The summed E-state index contributed by atoms with van der Waals surface area (Å²) in [5, 5.41) is 16.6. The lowest BCUT2D eigenvalue weighted by molar-refractivity contribution is 0.0907. The highest BCUT2D eigenvalue weighted by Crippen LogP contribution is 2.21. The van der Waals surface area contributed by atoms with Crippen LogP contribution in [0.5, 0.6) is 0 Å². The predicted molar refractivity (Wildman–Crippen MR) is 99.7 cm³/mol. The van der Waals surface area contributed by atoms with E-state index in [0.29, 0.717) is 17.2 Å². The second kappa shape index (κ2) is 8.14. The zero-order valence-electron chi connectivity index (χ0n) is 15.1. The average Bonchev–Trinajstić information content (AvgIpc) is 3.16. The van der Waals surface area contributed by atoms with Crippen molar-refractivity contribution in [1.29, 1.82) is 0 Å². The topological polar surface area (TPSA) is 75.4 Å². The molecule has 2 aromatic carbocycles. The van der Waals surface area contributed by atoms with Gasteiger partial charge in [-0.15, -0.1) is 0 Å². The van der Waals surface area contributed by atoms with Gasteiger partial charge in [0.2, 0.25) is 0 Å². The normalized spacial score (nSPS) is 12.2. The molecule has 0 saturated carbocycles. The lowest BCUT2D eigenvalue weighted by Crippen LogP contribution is -2.28. The zero-order valence-corrected chi connectivity index (χ0v) is 15.1. The first kappa shape index (κ1) is 18.8. The van der Waals surface area contributed by atoms with Gasteiger partial charge in [0.05, 0.1) is 6.10 Å². The quantitative estimate of drug-likeness (QED) is 0.688. The van der Waals surface area contributed by atoms with Crippen LogP contribution in [0.25, 0.3) is 11.3 Å². The summed E-state index contributed by atoms with van der Waals surface area (Å²) in [5.41, 5.74) is 2.63. The lowest BCUT2D eigenvalue weighted by Gasteiger charge is -2.13. The number of halogens is 1. The van der Waals surface area contributed by atoms with E-state index in [2.05, 4.69) is 24.3 Å². The Morgan fingerprint density at radius 1 is 1.11 bits per heavy atom. The van der Waals surface area contributed by atoms with E-state index in [1.807, 2.05) is 24.3 Å². The van der Waals surface area contributed by atoms with Gasteiger partial charge in [-0.3, -0.25) is 4.79 Å². The minimum Gasteiger partial charge on any atom is -0.387 e. The summed E-state index contributed by atoms with van der Waals surface area (Å²) in [6.07, 6.45) is -0.821. The van der Waals surface area contributed by atoms with Crippen LogP contribution >= 0.6 is 0 Å². The lowest BCUT2D eigenvalue weighted by atomic mass is 10.00. The maximum absolute atomic E-state index is 13.0. The number of nitrogens with one attached hydrogen (secondary N) is 1. The maximum atomic E-state index is 13.0. The van der Waals surface area contributed by atoms with Gasteiger partial charge in [0.1, 0.15) is 5.82 Å². The number of aromatic nitrogens is 1. The van der Waals surface area contributed by atoms with Gasteiger partial charge in [-0.25, -0.2) is 4.39 Å². The Morgan fingerprint density at radius 2 is 1.74 bits per heavy atom. The molecule has 1 amide bonds. The third-order valence-corrected chi connectivity index (χ3v) is 4.32. The fourth-order valence-corrected chi connectivity index (χ4v) is 2.63. The summed E-state index contributed by atoms with van der Waals surface area (Å²) in [4.78, 5) is 12.2. The van der Waals surface area contributed by atoms with E-state index in [-0.39, 0.29) is 18.1 Å². The summed E-state index contributed by atoms with van der Waals surface area (Å²) in [6.45, 7) is 4.26. The molecule has 3 rings (SSSR count). The second-order valence-corrected chi connectivity index (χ2v) is 6.63. The molecule has 0 bridgehead atoms. The molecule has 0 aliphatic rings. The highest BCUT2D eigenvalue weighted by atomic mass is 19.1. The molecule has 1 atom stereocenters. The van der Waals surface area contributed by atoms with E-state index >= 15 is 0 Å². The van der Waals surface area contributed by atoms with Crippen LogP contribution in [0.1, 0.15) is 47.5 Å². The molecular weight excluding hydrogens is 347 g/mol. The van der Waals surface area contributed by atoms with Crippen LogP contribution in [0.4, 0.5) is 4.39 Å². The van der Waals surface area contributed by atoms with Crippen molar-refractivity contribution in [2.24, 2.45) is 0 Å². The smallest absolute Gasteiger partial charge is 0.273 e. The molecule has 3 aromatic rings. The minimum absolute atomic E-state index is 0.0542. The van der Waals surface area contributed by atoms with E-state index < -0.39 is 12.0 Å². The van der Waals surface area contributed by atoms with Gasteiger partial charge in [-0.05, 0) is 41.3 Å². The summed E-state index contributed by atoms with van der Waals surface area (Å²) < 4.78 is 18.1. The van der Waals surface area contributed by atoms with Crippen LogP contribution in [0, 0.1) is 5.82 Å². The summed E-state index contributed by atoms with van der Waals surface area (Å²) >= 11 is 0.